The lowest BCUT2D eigenvalue weighted by Gasteiger charge is -2.20. The van der Waals surface area contributed by atoms with Gasteiger partial charge < -0.3 is 10.1 Å². The maximum atomic E-state index is 12.4. The SMILES string of the molecule is CC(=O)c1ccc(NC(=O)COC(=O)[C@@H](C)N2C(=O)c3ccccc3C2=O)cc1. The van der Waals surface area contributed by atoms with E-state index in [1.165, 1.54) is 26.0 Å². The molecule has 0 spiro atoms. The Morgan fingerprint density at radius 3 is 2.03 bits per heavy atom. The van der Waals surface area contributed by atoms with Crippen molar-refractivity contribution in [3.8, 4) is 0 Å². The summed E-state index contributed by atoms with van der Waals surface area (Å²) in [6.45, 7) is 2.21. The summed E-state index contributed by atoms with van der Waals surface area (Å²) in [4.78, 5) is 61.1. The minimum atomic E-state index is -1.18. The lowest BCUT2D eigenvalue weighted by molar-refractivity contribution is -0.150. The number of nitrogens with zero attached hydrogens (tertiary/aromatic N) is 1. The van der Waals surface area contributed by atoms with Gasteiger partial charge in [0.05, 0.1) is 11.1 Å². The molecular formula is C21H18N2O6. The number of carbonyl (C=O) groups is 5. The van der Waals surface area contributed by atoms with Gasteiger partial charge in [-0.3, -0.25) is 24.1 Å². The van der Waals surface area contributed by atoms with Crippen LogP contribution in [0.15, 0.2) is 48.5 Å². The highest BCUT2D eigenvalue weighted by atomic mass is 16.5. The fourth-order valence-electron chi connectivity index (χ4n) is 2.91. The molecule has 0 radical (unpaired) electrons. The molecule has 1 atom stereocenters. The summed E-state index contributed by atoms with van der Waals surface area (Å²) in [5.74, 6) is -2.72. The van der Waals surface area contributed by atoms with Crippen LogP contribution in [0, 0.1) is 0 Å². The van der Waals surface area contributed by atoms with Gasteiger partial charge in [0, 0.05) is 11.3 Å². The number of nitrogens with one attached hydrogen (secondary N) is 1. The van der Waals surface area contributed by atoms with Crippen molar-refractivity contribution in [2.45, 2.75) is 19.9 Å². The van der Waals surface area contributed by atoms with Crippen LogP contribution in [0.5, 0.6) is 0 Å². The number of imide groups is 1. The molecule has 0 aromatic heterocycles. The Kier molecular flexibility index (Phi) is 5.54. The van der Waals surface area contributed by atoms with E-state index >= 15 is 0 Å². The molecule has 0 bridgehead atoms. The molecule has 3 rings (SSSR count). The maximum Gasteiger partial charge on any atom is 0.329 e. The molecule has 0 fully saturated rings. The lowest BCUT2D eigenvalue weighted by Crippen LogP contribution is -2.44. The van der Waals surface area contributed by atoms with Crippen molar-refractivity contribution in [1.82, 2.24) is 4.90 Å². The molecular weight excluding hydrogens is 376 g/mol. The Labute approximate surface area is 166 Å². The molecule has 2 aromatic rings. The van der Waals surface area contributed by atoms with Gasteiger partial charge in [0.15, 0.2) is 12.4 Å². The van der Waals surface area contributed by atoms with Crippen molar-refractivity contribution < 1.29 is 28.7 Å². The van der Waals surface area contributed by atoms with Gasteiger partial charge >= 0.3 is 5.97 Å². The third-order valence-corrected chi connectivity index (χ3v) is 4.47. The zero-order chi connectivity index (χ0) is 21.1. The van der Waals surface area contributed by atoms with Gasteiger partial charge in [-0.2, -0.15) is 0 Å². The van der Waals surface area contributed by atoms with E-state index in [0.29, 0.717) is 11.3 Å². The first kappa shape index (κ1) is 19.9. The monoisotopic (exact) mass is 394 g/mol. The highest BCUT2D eigenvalue weighted by Crippen LogP contribution is 2.24. The van der Waals surface area contributed by atoms with E-state index in [1.54, 1.807) is 36.4 Å². The first-order valence-corrected chi connectivity index (χ1v) is 8.84. The van der Waals surface area contributed by atoms with Crippen molar-refractivity contribution in [3.63, 3.8) is 0 Å². The number of rotatable bonds is 6. The number of anilines is 1. The molecule has 0 saturated heterocycles. The quantitative estimate of drug-likeness (QED) is 0.456. The number of hydrogen-bond acceptors (Lipinski definition) is 6. The van der Waals surface area contributed by atoms with Crippen molar-refractivity contribution >= 4 is 35.2 Å². The smallest absolute Gasteiger partial charge is 0.329 e. The van der Waals surface area contributed by atoms with Gasteiger partial charge in [0.25, 0.3) is 17.7 Å². The zero-order valence-corrected chi connectivity index (χ0v) is 15.8. The van der Waals surface area contributed by atoms with Gasteiger partial charge in [-0.05, 0) is 50.2 Å². The molecule has 1 aliphatic heterocycles. The molecule has 3 amide bonds. The number of esters is 1. The Morgan fingerprint density at radius 2 is 1.52 bits per heavy atom. The molecule has 2 aromatic carbocycles. The van der Waals surface area contributed by atoms with Gasteiger partial charge in [0.1, 0.15) is 6.04 Å². The minimum Gasteiger partial charge on any atom is -0.454 e. The highest BCUT2D eigenvalue weighted by Gasteiger charge is 2.41. The van der Waals surface area contributed by atoms with E-state index in [2.05, 4.69) is 5.32 Å². The lowest BCUT2D eigenvalue weighted by atomic mass is 10.1. The van der Waals surface area contributed by atoms with E-state index in [0.717, 1.165) is 4.90 Å². The standard InChI is InChI=1S/C21H18N2O6/c1-12(23-19(26)16-5-3-4-6-17(16)20(23)27)21(28)29-11-18(25)22-15-9-7-14(8-10-15)13(2)24/h3-10,12H,11H2,1-2H3,(H,22,25)/t12-/m1/s1. The number of benzene rings is 2. The van der Waals surface area contributed by atoms with Gasteiger partial charge in [-0.25, -0.2) is 4.79 Å². The molecule has 1 heterocycles. The largest absolute Gasteiger partial charge is 0.454 e. The number of carbonyl (C=O) groups excluding carboxylic acids is 5. The third-order valence-electron chi connectivity index (χ3n) is 4.47. The summed E-state index contributed by atoms with van der Waals surface area (Å²) in [6, 6.07) is 11.3. The normalized spacial score (nSPS) is 13.7. The van der Waals surface area contributed by atoms with Crippen LogP contribution < -0.4 is 5.32 Å². The molecule has 0 unspecified atom stereocenters. The molecule has 8 nitrogen and oxygen atoms in total. The van der Waals surface area contributed by atoms with Crippen molar-refractivity contribution in [2.75, 3.05) is 11.9 Å². The Bertz CT molecular complexity index is 977. The van der Waals surface area contributed by atoms with Gasteiger partial charge in [-0.1, -0.05) is 12.1 Å². The third kappa shape index (κ3) is 4.06. The first-order chi connectivity index (χ1) is 13.8. The number of ketones is 1. The first-order valence-electron chi connectivity index (χ1n) is 8.84. The van der Waals surface area contributed by atoms with Gasteiger partial charge in [0.2, 0.25) is 0 Å². The topological polar surface area (TPSA) is 110 Å². The summed E-state index contributed by atoms with van der Waals surface area (Å²) in [5.41, 5.74) is 1.39. The van der Waals surface area contributed by atoms with Crippen molar-refractivity contribution in [2.24, 2.45) is 0 Å². The van der Waals surface area contributed by atoms with E-state index in [-0.39, 0.29) is 16.9 Å². The molecule has 1 N–H and O–H groups in total. The van der Waals surface area contributed by atoms with Crippen molar-refractivity contribution in [1.29, 1.82) is 0 Å². The van der Waals surface area contributed by atoms with Crippen LogP contribution in [0.4, 0.5) is 5.69 Å². The zero-order valence-electron chi connectivity index (χ0n) is 15.8. The fraction of sp³-hybridized carbons (Fsp3) is 0.190. The Balaban J connectivity index is 1.56. The van der Waals surface area contributed by atoms with E-state index in [4.69, 9.17) is 4.74 Å². The Hall–Kier alpha value is -3.81. The van der Waals surface area contributed by atoms with Crippen LogP contribution in [0.3, 0.4) is 0 Å². The summed E-state index contributed by atoms with van der Waals surface area (Å²) in [5, 5.41) is 2.53. The average Bonchev–Trinajstić information content (AvgIpc) is 2.96. The second-order valence-electron chi connectivity index (χ2n) is 6.49. The van der Waals surface area contributed by atoms with E-state index < -0.39 is 36.3 Å². The van der Waals surface area contributed by atoms with Crippen LogP contribution in [0.2, 0.25) is 0 Å². The molecule has 0 aliphatic carbocycles. The molecule has 29 heavy (non-hydrogen) atoms. The van der Waals surface area contributed by atoms with Gasteiger partial charge in [-0.15, -0.1) is 0 Å². The summed E-state index contributed by atoms with van der Waals surface area (Å²) in [6.07, 6.45) is 0. The summed E-state index contributed by atoms with van der Waals surface area (Å²) >= 11 is 0. The average molecular weight is 394 g/mol. The van der Waals surface area contributed by atoms with Crippen LogP contribution in [-0.2, 0) is 14.3 Å². The molecule has 8 heteroatoms. The van der Waals surface area contributed by atoms with E-state index in [9.17, 15) is 24.0 Å². The molecule has 0 saturated carbocycles. The number of hydrogen-bond donors (Lipinski definition) is 1. The number of amides is 3. The predicted octanol–water partition coefficient (Wildman–Crippen LogP) is 2.06. The van der Waals surface area contributed by atoms with Crippen LogP contribution in [0.25, 0.3) is 0 Å². The highest BCUT2D eigenvalue weighted by molar-refractivity contribution is 6.22. The molecule has 148 valence electrons. The van der Waals surface area contributed by atoms with Crippen LogP contribution >= 0.6 is 0 Å². The maximum absolute atomic E-state index is 12.4. The predicted molar refractivity (Wildman–Crippen MR) is 102 cm³/mol. The van der Waals surface area contributed by atoms with Crippen molar-refractivity contribution in [3.05, 3.63) is 65.2 Å². The second-order valence-corrected chi connectivity index (χ2v) is 6.49. The number of Topliss-reactive ketones (excluding diaryl/α,β-unsaturated/α-hetero) is 1. The van der Waals surface area contributed by atoms with E-state index in [1.807, 2.05) is 0 Å². The molecule has 1 aliphatic rings. The fourth-order valence-corrected chi connectivity index (χ4v) is 2.91. The van der Waals surface area contributed by atoms with Crippen LogP contribution in [0.1, 0.15) is 44.9 Å². The second kappa shape index (κ2) is 8.05. The number of ether oxygens (including phenoxy) is 1. The van der Waals surface area contributed by atoms with Crippen LogP contribution in [-0.4, -0.2) is 47.0 Å². The summed E-state index contributed by atoms with van der Waals surface area (Å²) in [7, 11) is 0. The number of fused-ring (bicyclic) bond motifs is 1. The minimum absolute atomic E-state index is 0.0982. The summed E-state index contributed by atoms with van der Waals surface area (Å²) < 4.78 is 4.96. The Morgan fingerprint density at radius 1 is 0.966 bits per heavy atom.